The van der Waals surface area contributed by atoms with E-state index in [4.69, 9.17) is 17.3 Å². The largest absolute Gasteiger partial charge is 0.352 e. The predicted molar refractivity (Wildman–Crippen MR) is 90.7 cm³/mol. The Morgan fingerprint density at radius 3 is 2.48 bits per heavy atom. The molecule has 0 aliphatic heterocycles. The molecule has 0 aliphatic rings. The zero-order valence-electron chi connectivity index (χ0n) is 12.5. The zero-order valence-corrected chi connectivity index (χ0v) is 13.3. The number of nitrogens with two attached hydrogens (primary N) is 1. The maximum atomic E-state index is 14.1. The monoisotopic (exact) mass is 334 g/mol. The molecule has 0 amide bonds. The van der Waals surface area contributed by atoms with E-state index in [1.807, 2.05) is 12.1 Å². The second-order valence-electron chi connectivity index (χ2n) is 5.54. The summed E-state index contributed by atoms with van der Waals surface area (Å²) in [6.45, 7) is 0.599. The molecule has 2 aromatic carbocycles. The third-order valence-corrected chi connectivity index (χ3v) is 4.20. The molecule has 23 heavy (non-hydrogen) atoms. The number of H-pyrrole nitrogens is 1. The number of aromatic amines is 1. The molecule has 0 saturated carbocycles. The average molecular weight is 335 g/mol. The summed E-state index contributed by atoms with van der Waals surface area (Å²) in [5, 5.41) is 1.22. The van der Waals surface area contributed by atoms with E-state index >= 15 is 0 Å². The molecule has 0 atom stereocenters. The maximum absolute atomic E-state index is 14.1. The number of benzene rings is 2. The number of unbranched alkanes of at least 4 members (excludes halogenated alkanes) is 1. The van der Waals surface area contributed by atoms with E-state index in [-0.39, 0.29) is 0 Å². The van der Waals surface area contributed by atoms with Crippen LogP contribution < -0.4 is 5.73 Å². The summed E-state index contributed by atoms with van der Waals surface area (Å²) in [5.74, 6) is -1.16. The summed E-state index contributed by atoms with van der Waals surface area (Å²) in [6.07, 6.45) is 2.44. The van der Waals surface area contributed by atoms with Crippen LogP contribution >= 0.6 is 11.6 Å². The van der Waals surface area contributed by atoms with E-state index in [2.05, 4.69) is 4.98 Å². The Balaban J connectivity index is 2.16. The summed E-state index contributed by atoms with van der Waals surface area (Å²) in [6, 6.07) is 9.58. The van der Waals surface area contributed by atoms with Crippen molar-refractivity contribution in [2.45, 2.75) is 19.3 Å². The van der Waals surface area contributed by atoms with Crippen molar-refractivity contribution in [3.05, 3.63) is 58.6 Å². The van der Waals surface area contributed by atoms with Crippen molar-refractivity contribution in [3.63, 3.8) is 0 Å². The third kappa shape index (κ3) is 3.23. The summed E-state index contributed by atoms with van der Waals surface area (Å²) in [7, 11) is 0. The number of hydrogen-bond acceptors (Lipinski definition) is 1. The molecule has 0 aliphatic carbocycles. The number of halogens is 3. The Hall–Kier alpha value is -1.91. The van der Waals surface area contributed by atoms with Crippen LogP contribution in [0.4, 0.5) is 8.78 Å². The van der Waals surface area contributed by atoms with Gasteiger partial charge < -0.3 is 10.7 Å². The molecule has 0 spiro atoms. The molecule has 0 radical (unpaired) electrons. The SMILES string of the molecule is NCCCCc1c(-c2ccc(Cl)cc2)[nH]c2c(F)cc(F)cc12. The summed E-state index contributed by atoms with van der Waals surface area (Å²) >= 11 is 5.93. The van der Waals surface area contributed by atoms with Crippen molar-refractivity contribution >= 4 is 22.5 Å². The molecule has 1 heterocycles. The van der Waals surface area contributed by atoms with Crippen molar-refractivity contribution in [2.75, 3.05) is 6.54 Å². The number of nitrogens with one attached hydrogen (secondary N) is 1. The Labute approximate surface area is 138 Å². The quantitative estimate of drug-likeness (QED) is 0.630. The van der Waals surface area contributed by atoms with Crippen LogP contribution in [-0.2, 0) is 6.42 Å². The highest BCUT2D eigenvalue weighted by Gasteiger charge is 2.16. The standard InChI is InChI=1S/C18H17ClF2N2/c19-12-6-4-11(5-7-12)17-14(3-1-2-8-22)15-9-13(20)10-16(21)18(15)23-17/h4-7,9-10,23H,1-3,8,22H2. The van der Waals surface area contributed by atoms with Crippen LogP contribution in [0.1, 0.15) is 18.4 Å². The van der Waals surface area contributed by atoms with Gasteiger partial charge in [-0.2, -0.15) is 0 Å². The molecule has 0 saturated heterocycles. The second-order valence-corrected chi connectivity index (χ2v) is 5.98. The molecule has 3 rings (SSSR count). The van der Waals surface area contributed by atoms with E-state index in [9.17, 15) is 8.78 Å². The lowest BCUT2D eigenvalue weighted by atomic mass is 10.00. The van der Waals surface area contributed by atoms with Crippen LogP contribution in [0.15, 0.2) is 36.4 Å². The van der Waals surface area contributed by atoms with Gasteiger partial charge in [-0.1, -0.05) is 23.7 Å². The number of aryl methyl sites for hydroxylation is 1. The first-order valence-electron chi connectivity index (χ1n) is 7.55. The highest BCUT2D eigenvalue weighted by atomic mass is 35.5. The summed E-state index contributed by atoms with van der Waals surface area (Å²) in [4.78, 5) is 3.11. The van der Waals surface area contributed by atoms with Crippen molar-refractivity contribution in [3.8, 4) is 11.3 Å². The minimum atomic E-state index is -0.583. The Kier molecular flexibility index (Phi) is 4.64. The smallest absolute Gasteiger partial charge is 0.150 e. The molecule has 0 bridgehead atoms. The van der Waals surface area contributed by atoms with Gasteiger partial charge >= 0.3 is 0 Å². The normalized spacial score (nSPS) is 11.3. The fourth-order valence-electron chi connectivity index (χ4n) is 2.84. The van der Waals surface area contributed by atoms with Gasteiger partial charge in [-0.3, -0.25) is 0 Å². The fraction of sp³-hybridized carbons (Fsp3) is 0.222. The highest BCUT2D eigenvalue weighted by molar-refractivity contribution is 6.30. The van der Waals surface area contributed by atoms with Crippen LogP contribution in [0.3, 0.4) is 0 Å². The van der Waals surface area contributed by atoms with Crippen LogP contribution in [0.5, 0.6) is 0 Å². The molecular weight excluding hydrogens is 318 g/mol. The minimum Gasteiger partial charge on any atom is -0.352 e. The number of hydrogen-bond donors (Lipinski definition) is 2. The van der Waals surface area contributed by atoms with E-state index in [0.717, 1.165) is 35.7 Å². The maximum Gasteiger partial charge on any atom is 0.150 e. The topological polar surface area (TPSA) is 41.8 Å². The third-order valence-electron chi connectivity index (χ3n) is 3.95. The first-order valence-corrected chi connectivity index (χ1v) is 7.93. The Morgan fingerprint density at radius 2 is 1.78 bits per heavy atom. The fourth-order valence-corrected chi connectivity index (χ4v) is 2.97. The number of rotatable bonds is 5. The first kappa shape index (κ1) is 16.0. The summed E-state index contributed by atoms with van der Waals surface area (Å²) < 4.78 is 27.7. The molecule has 5 heteroatoms. The highest BCUT2D eigenvalue weighted by Crippen LogP contribution is 2.33. The van der Waals surface area contributed by atoms with Gasteiger partial charge in [-0.25, -0.2) is 8.78 Å². The van der Waals surface area contributed by atoms with Gasteiger partial charge in [0, 0.05) is 22.2 Å². The van der Waals surface area contributed by atoms with Crippen molar-refractivity contribution in [1.29, 1.82) is 0 Å². The van der Waals surface area contributed by atoms with Crippen molar-refractivity contribution in [2.24, 2.45) is 5.73 Å². The molecule has 1 aromatic heterocycles. The molecule has 120 valence electrons. The van der Waals surface area contributed by atoms with Gasteiger partial charge in [0.05, 0.1) is 5.52 Å². The molecule has 0 fully saturated rings. The lowest BCUT2D eigenvalue weighted by molar-refractivity contribution is 0.591. The van der Waals surface area contributed by atoms with Gasteiger partial charge in [-0.15, -0.1) is 0 Å². The predicted octanol–water partition coefficient (Wildman–Crippen LogP) is 5.05. The number of aromatic nitrogens is 1. The van der Waals surface area contributed by atoms with E-state index in [1.165, 1.54) is 6.07 Å². The van der Waals surface area contributed by atoms with Crippen LogP contribution in [0, 0.1) is 11.6 Å². The van der Waals surface area contributed by atoms with Gasteiger partial charge in [0.1, 0.15) is 11.6 Å². The first-order chi connectivity index (χ1) is 11.1. The van der Waals surface area contributed by atoms with Crippen molar-refractivity contribution in [1.82, 2.24) is 4.98 Å². The Bertz CT molecular complexity index is 825. The van der Waals surface area contributed by atoms with Crippen LogP contribution in [0.2, 0.25) is 5.02 Å². The van der Waals surface area contributed by atoms with Crippen molar-refractivity contribution < 1.29 is 8.78 Å². The van der Waals surface area contributed by atoms with Gasteiger partial charge in [0.25, 0.3) is 0 Å². The van der Waals surface area contributed by atoms with E-state index < -0.39 is 11.6 Å². The molecular formula is C18H17ClF2N2. The second kappa shape index (κ2) is 6.69. The van der Waals surface area contributed by atoms with Gasteiger partial charge in [-0.05, 0) is 55.1 Å². The zero-order chi connectivity index (χ0) is 16.4. The minimum absolute atomic E-state index is 0.332. The van der Waals surface area contributed by atoms with Gasteiger partial charge in [0.2, 0.25) is 0 Å². The van der Waals surface area contributed by atoms with Crippen LogP contribution in [0.25, 0.3) is 22.2 Å². The number of fused-ring (bicyclic) bond motifs is 1. The van der Waals surface area contributed by atoms with Gasteiger partial charge in [0.15, 0.2) is 0 Å². The molecule has 3 aromatic rings. The molecule has 0 unspecified atom stereocenters. The average Bonchev–Trinajstić information content (AvgIpc) is 2.87. The molecule has 2 nitrogen and oxygen atoms in total. The van der Waals surface area contributed by atoms with Crippen LogP contribution in [-0.4, -0.2) is 11.5 Å². The molecule has 3 N–H and O–H groups in total. The van der Waals surface area contributed by atoms with E-state index in [1.54, 1.807) is 12.1 Å². The summed E-state index contributed by atoms with van der Waals surface area (Å²) in [5.41, 5.74) is 8.50. The lowest BCUT2D eigenvalue weighted by Gasteiger charge is -2.05. The lowest BCUT2D eigenvalue weighted by Crippen LogP contribution is -1.99. The van der Waals surface area contributed by atoms with E-state index in [0.29, 0.717) is 28.9 Å². The Morgan fingerprint density at radius 1 is 1.04 bits per heavy atom.